The summed E-state index contributed by atoms with van der Waals surface area (Å²) in [6.45, 7) is 6.75. The normalized spacial score (nSPS) is 11.7. The van der Waals surface area contributed by atoms with Crippen LogP contribution in [0.5, 0.6) is 5.75 Å². The van der Waals surface area contributed by atoms with E-state index < -0.39 is 29.1 Å². The lowest BCUT2D eigenvalue weighted by molar-refractivity contribution is -0.110. The van der Waals surface area contributed by atoms with Gasteiger partial charge in [0.15, 0.2) is 0 Å². The Balaban J connectivity index is 2.01. The zero-order chi connectivity index (χ0) is 25.8. The molecule has 8 heteroatoms. The Kier molecular flexibility index (Phi) is 7.50. The summed E-state index contributed by atoms with van der Waals surface area (Å²) in [4.78, 5) is 28.2. The number of nitrogens with zero attached hydrogens (tertiary/aromatic N) is 1. The number of nitrogens with one attached hydrogen (secondary N) is 2. The fourth-order valence-electron chi connectivity index (χ4n) is 3.36. The van der Waals surface area contributed by atoms with Crippen molar-refractivity contribution in [2.45, 2.75) is 39.3 Å². The van der Waals surface area contributed by atoms with Gasteiger partial charge in [-0.3, -0.25) is 9.59 Å². The molecular weight excluding hydrogens is 452 g/mol. The molecule has 0 saturated heterocycles. The fourth-order valence-corrected chi connectivity index (χ4v) is 3.36. The van der Waals surface area contributed by atoms with Crippen molar-refractivity contribution in [3.63, 3.8) is 0 Å². The highest BCUT2D eigenvalue weighted by atomic mass is 19.1. The summed E-state index contributed by atoms with van der Waals surface area (Å²) in [7, 11) is 0. The summed E-state index contributed by atoms with van der Waals surface area (Å²) < 4.78 is 28.4. The molecule has 1 aromatic heterocycles. The summed E-state index contributed by atoms with van der Waals surface area (Å²) in [5.41, 5.74) is 1.05. The van der Waals surface area contributed by atoms with Crippen LogP contribution in [-0.2, 0) is 4.79 Å². The van der Waals surface area contributed by atoms with Crippen molar-refractivity contribution in [2.75, 3.05) is 0 Å². The number of halogens is 2. The Bertz CT molecular complexity index is 1340. The highest BCUT2D eigenvalue weighted by Crippen LogP contribution is 2.31. The van der Waals surface area contributed by atoms with Crippen molar-refractivity contribution in [1.29, 1.82) is 0 Å². The number of amides is 2. The van der Waals surface area contributed by atoms with Gasteiger partial charge < -0.3 is 15.7 Å². The van der Waals surface area contributed by atoms with Gasteiger partial charge in [0, 0.05) is 16.8 Å². The molecule has 0 aliphatic carbocycles. The number of hydrogen-bond donors (Lipinski definition) is 3. The third-order valence-corrected chi connectivity index (χ3v) is 5.23. The molecule has 2 aromatic carbocycles. The van der Waals surface area contributed by atoms with E-state index in [1.165, 1.54) is 24.3 Å². The minimum Gasteiger partial charge on any atom is -0.508 e. The SMILES string of the molecule is Cc1cc(C#CC(C)(C)NC=O)cc(C(=O)NC(c2ccc(C)c(F)c2)c2cc(F)ccc2O)n1. The maximum atomic E-state index is 14.3. The van der Waals surface area contributed by atoms with Gasteiger partial charge >= 0.3 is 0 Å². The summed E-state index contributed by atoms with van der Waals surface area (Å²) >= 11 is 0. The fraction of sp³-hybridized carbons (Fsp3) is 0.222. The topological polar surface area (TPSA) is 91.3 Å². The Morgan fingerprint density at radius 3 is 2.54 bits per heavy atom. The third-order valence-electron chi connectivity index (χ3n) is 5.23. The van der Waals surface area contributed by atoms with Crippen molar-refractivity contribution in [1.82, 2.24) is 15.6 Å². The van der Waals surface area contributed by atoms with Gasteiger partial charge in [-0.1, -0.05) is 24.0 Å². The average molecular weight is 478 g/mol. The maximum absolute atomic E-state index is 14.3. The zero-order valence-electron chi connectivity index (χ0n) is 19.7. The monoisotopic (exact) mass is 477 g/mol. The third kappa shape index (κ3) is 6.42. The zero-order valence-corrected chi connectivity index (χ0v) is 19.7. The molecule has 3 rings (SSSR count). The molecule has 0 aliphatic rings. The van der Waals surface area contributed by atoms with Crippen molar-refractivity contribution in [2.24, 2.45) is 0 Å². The number of hydrogen-bond acceptors (Lipinski definition) is 4. The van der Waals surface area contributed by atoms with Gasteiger partial charge in [-0.2, -0.15) is 0 Å². The van der Waals surface area contributed by atoms with Crippen LogP contribution in [0.3, 0.4) is 0 Å². The van der Waals surface area contributed by atoms with Gasteiger partial charge in [0.1, 0.15) is 23.1 Å². The van der Waals surface area contributed by atoms with E-state index in [2.05, 4.69) is 27.5 Å². The van der Waals surface area contributed by atoms with Crippen molar-refractivity contribution < 1.29 is 23.5 Å². The van der Waals surface area contributed by atoms with Crippen LogP contribution in [0.25, 0.3) is 0 Å². The summed E-state index contributed by atoms with van der Waals surface area (Å²) in [5.74, 6) is 3.83. The lowest BCUT2D eigenvalue weighted by atomic mass is 9.96. The molecule has 2 amide bonds. The summed E-state index contributed by atoms with van der Waals surface area (Å²) in [5, 5.41) is 15.7. The Labute approximate surface area is 202 Å². The predicted molar refractivity (Wildman–Crippen MR) is 128 cm³/mol. The summed E-state index contributed by atoms with van der Waals surface area (Å²) in [6.07, 6.45) is 0.557. The number of rotatable bonds is 6. The number of aryl methyl sites for hydroxylation is 2. The van der Waals surface area contributed by atoms with Gasteiger partial charge in [0.05, 0.1) is 11.6 Å². The molecule has 180 valence electrons. The molecule has 3 aromatic rings. The first-order chi connectivity index (χ1) is 16.5. The quantitative estimate of drug-likeness (QED) is 0.369. The van der Waals surface area contributed by atoms with Gasteiger partial charge in [-0.15, -0.1) is 0 Å². The van der Waals surface area contributed by atoms with E-state index in [0.717, 1.165) is 12.1 Å². The smallest absolute Gasteiger partial charge is 0.270 e. The van der Waals surface area contributed by atoms with Crippen LogP contribution in [0.4, 0.5) is 8.78 Å². The molecule has 35 heavy (non-hydrogen) atoms. The summed E-state index contributed by atoms with van der Waals surface area (Å²) in [6, 6.07) is 9.80. The first-order valence-electron chi connectivity index (χ1n) is 10.8. The van der Waals surface area contributed by atoms with E-state index in [1.807, 2.05) is 0 Å². The van der Waals surface area contributed by atoms with Crippen LogP contribution in [0.15, 0.2) is 48.5 Å². The van der Waals surface area contributed by atoms with Gasteiger partial charge in [-0.25, -0.2) is 13.8 Å². The minimum atomic E-state index is -1.05. The van der Waals surface area contributed by atoms with Crippen molar-refractivity contribution >= 4 is 12.3 Å². The van der Waals surface area contributed by atoms with Crippen molar-refractivity contribution in [3.05, 3.63) is 93.8 Å². The van der Waals surface area contributed by atoms with Crippen LogP contribution < -0.4 is 10.6 Å². The molecule has 0 aliphatic heterocycles. The molecule has 0 radical (unpaired) electrons. The maximum Gasteiger partial charge on any atom is 0.270 e. The molecule has 1 unspecified atom stereocenters. The van der Waals surface area contributed by atoms with Crippen LogP contribution in [-0.4, -0.2) is 27.9 Å². The molecule has 3 N–H and O–H groups in total. The molecule has 1 heterocycles. The predicted octanol–water partition coefficient (Wildman–Crippen LogP) is 4.08. The largest absolute Gasteiger partial charge is 0.508 e. The number of pyridine rings is 1. The second-order valence-electron chi connectivity index (χ2n) is 8.64. The average Bonchev–Trinajstić information content (AvgIpc) is 2.79. The lowest BCUT2D eigenvalue weighted by Crippen LogP contribution is -2.36. The van der Waals surface area contributed by atoms with Crippen LogP contribution in [0.2, 0.25) is 0 Å². The Morgan fingerprint density at radius 1 is 1.11 bits per heavy atom. The first kappa shape index (κ1) is 25.4. The number of phenols is 1. The Hall–Kier alpha value is -4.25. The standard InChI is InChI=1S/C27H25F2N3O3/c1-16-5-6-19(13-22(16)29)25(21-14-20(28)7-8-24(21)34)32-26(35)23-12-18(11-17(2)31-23)9-10-27(3,4)30-15-33/h5-8,11-15,25,34H,1-4H3,(H,30,33)(H,32,35). The molecule has 1 atom stereocenters. The lowest BCUT2D eigenvalue weighted by Gasteiger charge is -2.21. The first-order valence-corrected chi connectivity index (χ1v) is 10.8. The number of aromatic nitrogens is 1. The van der Waals surface area contributed by atoms with Gasteiger partial charge in [0.2, 0.25) is 6.41 Å². The van der Waals surface area contributed by atoms with Crippen molar-refractivity contribution in [3.8, 4) is 17.6 Å². The molecule has 0 saturated carbocycles. The molecule has 0 fully saturated rings. The second kappa shape index (κ2) is 10.3. The van der Waals surface area contributed by atoms with E-state index >= 15 is 0 Å². The van der Waals surface area contributed by atoms with Gasteiger partial charge in [-0.05, 0) is 75.2 Å². The Morgan fingerprint density at radius 2 is 1.86 bits per heavy atom. The van der Waals surface area contributed by atoms with E-state index in [1.54, 1.807) is 39.8 Å². The number of carbonyl (C=O) groups excluding carboxylic acids is 2. The van der Waals surface area contributed by atoms with E-state index in [-0.39, 0.29) is 17.0 Å². The van der Waals surface area contributed by atoms with Crippen LogP contribution in [0.1, 0.15) is 58.3 Å². The highest BCUT2D eigenvalue weighted by molar-refractivity contribution is 5.93. The molecular formula is C27H25F2N3O3. The molecule has 6 nitrogen and oxygen atoms in total. The number of phenolic OH excluding ortho intramolecular Hbond substituents is 1. The van der Waals surface area contributed by atoms with Gasteiger partial charge in [0.25, 0.3) is 5.91 Å². The molecule has 0 spiro atoms. The van der Waals surface area contributed by atoms with Crippen LogP contribution >= 0.6 is 0 Å². The second-order valence-corrected chi connectivity index (χ2v) is 8.64. The van der Waals surface area contributed by atoms with E-state index in [0.29, 0.717) is 28.8 Å². The number of benzene rings is 2. The van der Waals surface area contributed by atoms with Crippen LogP contribution in [0, 0.1) is 37.3 Å². The minimum absolute atomic E-state index is 0.0314. The highest BCUT2D eigenvalue weighted by Gasteiger charge is 2.23. The number of aromatic hydroxyl groups is 1. The van der Waals surface area contributed by atoms with E-state index in [4.69, 9.17) is 0 Å². The molecule has 0 bridgehead atoms. The number of carbonyl (C=O) groups is 2. The van der Waals surface area contributed by atoms with E-state index in [9.17, 15) is 23.5 Å².